The molecule has 0 amide bonds. The van der Waals surface area contributed by atoms with E-state index in [0.29, 0.717) is 18.3 Å². The molecule has 1 saturated heterocycles. The normalized spacial score (nSPS) is 16.5. The van der Waals surface area contributed by atoms with E-state index in [4.69, 9.17) is 9.47 Å². The lowest BCUT2D eigenvalue weighted by molar-refractivity contribution is 0.0504. The third-order valence-corrected chi connectivity index (χ3v) is 2.66. The molecule has 3 heteroatoms. The molecule has 0 radical (unpaired) electrons. The topological polar surface area (TPSA) is 38.8 Å². The molecule has 1 atom stereocenters. The van der Waals surface area contributed by atoms with Gasteiger partial charge in [-0.1, -0.05) is 32.0 Å². The standard InChI is InChI=1S/C11H14O2.C4H8O/c1-3-8-13-11(12)10-7-5-4-6-9(10)2;1-2-4-3-5-4/h4-7H,3,8H2,1-2H3;4H,2-3H2,1H3. The van der Waals surface area contributed by atoms with Crippen LogP contribution in [0.1, 0.15) is 42.6 Å². The number of benzene rings is 1. The summed E-state index contributed by atoms with van der Waals surface area (Å²) in [4.78, 5) is 11.4. The fraction of sp³-hybridized carbons (Fsp3) is 0.533. The Morgan fingerprint density at radius 3 is 2.50 bits per heavy atom. The highest BCUT2D eigenvalue weighted by Crippen LogP contribution is 2.11. The highest BCUT2D eigenvalue weighted by molar-refractivity contribution is 5.90. The molecule has 1 unspecified atom stereocenters. The summed E-state index contributed by atoms with van der Waals surface area (Å²) in [6, 6.07) is 7.44. The monoisotopic (exact) mass is 250 g/mol. The minimum atomic E-state index is -0.222. The van der Waals surface area contributed by atoms with Gasteiger partial charge in [-0.05, 0) is 31.4 Å². The third-order valence-electron chi connectivity index (χ3n) is 2.66. The second-order valence-corrected chi connectivity index (χ2v) is 4.31. The van der Waals surface area contributed by atoms with Crippen molar-refractivity contribution >= 4 is 5.97 Å². The average Bonchev–Trinajstić information content (AvgIpc) is 3.21. The number of ether oxygens (including phenoxy) is 2. The predicted octanol–water partition coefficient (Wildman–Crippen LogP) is 3.36. The van der Waals surface area contributed by atoms with Crippen molar-refractivity contribution in [2.45, 2.75) is 39.7 Å². The van der Waals surface area contributed by atoms with Crippen LogP contribution in [0.2, 0.25) is 0 Å². The molecule has 0 saturated carbocycles. The lowest BCUT2D eigenvalue weighted by Gasteiger charge is -2.04. The molecule has 18 heavy (non-hydrogen) atoms. The Morgan fingerprint density at radius 2 is 2.06 bits per heavy atom. The first kappa shape index (κ1) is 14.7. The maximum atomic E-state index is 11.4. The maximum Gasteiger partial charge on any atom is 0.338 e. The molecule has 1 aromatic carbocycles. The Labute approximate surface area is 109 Å². The fourth-order valence-corrected chi connectivity index (χ4v) is 1.38. The zero-order chi connectivity index (χ0) is 13.4. The number of carbonyl (C=O) groups excluding carboxylic acids is 1. The Bertz CT molecular complexity index is 370. The zero-order valence-corrected chi connectivity index (χ0v) is 11.4. The van der Waals surface area contributed by atoms with Gasteiger partial charge in [-0.25, -0.2) is 4.79 Å². The zero-order valence-electron chi connectivity index (χ0n) is 11.4. The first-order valence-electron chi connectivity index (χ1n) is 6.53. The van der Waals surface area contributed by atoms with Crippen molar-refractivity contribution in [2.75, 3.05) is 13.2 Å². The molecule has 0 N–H and O–H groups in total. The summed E-state index contributed by atoms with van der Waals surface area (Å²) in [6.45, 7) is 7.52. The van der Waals surface area contributed by atoms with Crippen LogP contribution in [0.3, 0.4) is 0 Å². The molecule has 1 aliphatic rings. The molecule has 100 valence electrons. The van der Waals surface area contributed by atoms with E-state index >= 15 is 0 Å². The maximum absolute atomic E-state index is 11.4. The quantitative estimate of drug-likeness (QED) is 0.607. The van der Waals surface area contributed by atoms with Gasteiger partial charge in [-0.2, -0.15) is 0 Å². The lowest BCUT2D eigenvalue weighted by atomic mass is 10.1. The summed E-state index contributed by atoms with van der Waals surface area (Å²) in [5.41, 5.74) is 1.62. The first-order valence-corrected chi connectivity index (χ1v) is 6.53. The van der Waals surface area contributed by atoms with Crippen molar-refractivity contribution in [3.8, 4) is 0 Å². The predicted molar refractivity (Wildman–Crippen MR) is 71.8 cm³/mol. The van der Waals surface area contributed by atoms with Gasteiger partial charge in [0.05, 0.1) is 24.9 Å². The van der Waals surface area contributed by atoms with Gasteiger partial charge >= 0.3 is 5.97 Å². The number of hydrogen-bond acceptors (Lipinski definition) is 3. The average molecular weight is 250 g/mol. The summed E-state index contributed by atoms with van der Waals surface area (Å²) in [6.07, 6.45) is 2.69. The number of esters is 1. The summed E-state index contributed by atoms with van der Waals surface area (Å²) in [5.74, 6) is -0.222. The van der Waals surface area contributed by atoms with E-state index < -0.39 is 0 Å². The van der Waals surface area contributed by atoms with E-state index in [-0.39, 0.29) is 5.97 Å². The van der Waals surface area contributed by atoms with Crippen molar-refractivity contribution in [1.29, 1.82) is 0 Å². The number of aryl methyl sites for hydroxylation is 1. The first-order chi connectivity index (χ1) is 8.69. The van der Waals surface area contributed by atoms with Crippen LogP contribution in [0.4, 0.5) is 0 Å². The largest absolute Gasteiger partial charge is 0.462 e. The van der Waals surface area contributed by atoms with Crippen molar-refractivity contribution in [2.24, 2.45) is 0 Å². The lowest BCUT2D eigenvalue weighted by Crippen LogP contribution is -2.07. The Morgan fingerprint density at radius 1 is 1.39 bits per heavy atom. The smallest absolute Gasteiger partial charge is 0.338 e. The summed E-state index contributed by atoms with van der Waals surface area (Å²) >= 11 is 0. The molecular weight excluding hydrogens is 228 g/mol. The minimum absolute atomic E-state index is 0.222. The molecule has 0 bridgehead atoms. The summed E-state index contributed by atoms with van der Waals surface area (Å²) < 4.78 is 9.88. The van der Waals surface area contributed by atoms with E-state index in [2.05, 4.69) is 6.92 Å². The van der Waals surface area contributed by atoms with Crippen molar-refractivity contribution < 1.29 is 14.3 Å². The second-order valence-electron chi connectivity index (χ2n) is 4.31. The van der Waals surface area contributed by atoms with E-state index in [0.717, 1.165) is 18.6 Å². The molecular formula is C15H22O3. The molecule has 1 aliphatic heterocycles. The van der Waals surface area contributed by atoms with Crippen LogP contribution in [0.15, 0.2) is 24.3 Å². The van der Waals surface area contributed by atoms with Gasteiger partial charge < -0.3 is 9.47 Å². The van der Waals surface area contributed by atoms with Crippen molar-refractivity contribution in [3.05, 3.63) is 35.4 Å². The minimum Gasteiger partial charge on any atom is -0.462 e. The number of epoxide rings is 1. The van der Waals surface area contributed by atoms with Crippen molar-refractivity contribution in [1.82, 2.24) is 0 Å². The van der Waals surface area contributed by atoms with Gasteiger partial charge in [-0.15, -0.1) is 0 Å². The summed E-state index contributed by atoms with van der Waals surface area (Å²) in [7, 11) is 0. The number of carbonyl (C=O) groups is 1. The highest BCUT2D eigenvalue weighted by Gasteiger charge is 2.18. The molecule has 3 nitrogen and oxygen atoms in total. The summed E-state index contributed by atoms with van der Waals surface area (Å²) in [5, 5.41) is 0. The van der Waals surface area contributed by atoms with Gasteiger partial charge in [0.2, 0.25) is 0 Å². The van der Waals surface area contributed by atoms with Crippen LogP contribution in [0, 0.1) is 6.92 Å². The molecule has 0 aliphatic carbocycles. The van der Waals surface area contributed by atoms with Crippen LogP contribution in [0.25, 0.3) is 0 Å². The second kappa shape index (κ2) is 7.88. The van der Waals surface area contributed by atoms with Gasteiger partial charge in [0.15, 0.2) is 0 Å². The molecule has 1 fully saturated rings. The van der Waals surface area contributed by atoms with Gasteiger partial charge in [0, 0.05) is 0 Å². The van der Waals surface area contributed by atoms with Gasteiger partial charge in [0.25, 0.3) is 0 Å². The third kappa shape index (κ3) is 5.32. The molecule has 1 aromatic rings. The van der Waals surface area contributed by atoms with Crippen LogP contribution in [-0.2, 0) is 9.47 Å². The SMILES string of the molecule is CCC1CO1.CCCOC(=O)c1ccccc1C. The fourth-order valence-electron chi connectivity index (χ4n) is 1.38. The van der Waals surface area contributed by atoms with Crippen LogP contribution in [0.5, 0.6) is 0 Å². The van der Waals surface area contributed by atoms with E-state index in [1.54, 1.807) is 6.07 Å². The van der Waals surface area contributed by atoms with E-state index in [1.165, 1.54) is 6.42 Å². The molecule has 0 spiro atoms. The highest BCUT2D eigenvalue weighted by atomic mass is 16.6. The molecule has 2 rings (SSSR count). The van der Waals surface area contributed by atoms with Crippen molar-refractivity contribution in [3.63, 3.8) is 0 Å². The molecule has 0 aromatic heterocycles. The Hall–Kier alpha value is -1.35. The van der Waals surface area contributed by atoms with Crippen LogP contribution < -0.4 is 0 Å². The van der Waals surface area contributed by atoms with Gasteiger partial charge in [-0.3, -0.25) is 0 Å². The molecule has 1 heterocycles. The Balaban J connectivity index is 0.000000269. The van der Waals surface area contributed by atoms with E-state index in [1.807, 2.05) is 32.0 Å². The van der Waals surface area contributed by atoms with E-state index in [9.17, 15) is 4.79 Å². The van der Waals surface area contributed by atoms with Crippen LogP contribution in [-0.4, -0.2) is 25.3 Å². The Kier molecular flexibility index (Phi) is 6.44. The van der Waals surface area contributed by atoms with Crippen LogP contribution >= 0.6 is 0 Å². The number of rotatable bonds is 4. The van der Waals surface area contributed by atoms with Gasteiger partial charge in [0.1, 0.15) is 0 Å². The number of hydrogen-bond donors (Lipinski definition) is 0.